The second-order valence-electron chi connectivity index (χ2n) is 5.28. The maximum Gasteiger partial charge on any atom is 0.315 e. The SMILES string of the molecule is CCCNC(C)c1nnc(NC2CCC(=O)N(C)C2)o1. The van der Waals surface area contributed by atoms with Crippen LogP contribution in [-0.2, 0) is 4.79 Å². The molecular formula is C13H23N5O2. The highest BCUT2D eigenvalue weighted by Crippen LogP contribution is 2.17. The third kappa shape index (κ3) is 3.69. The first-order valence-electron chi connectivity index (χ1n) is 7.17. The Morgan fingerprint density at radius 3 is 3.00 bits per heavy atom. The van der Waals surface area contributed by atoms with Crippen LogP contribution in [0.3, 0.4) is 0 Å². The third-order valence-electron chi connectivity index (χ3n) is 3.47. The zero-order valence-electron chi connectivity index (χ0n) is 12.3. The molecule has 7 nitrogen and oxygen atoms in total. The van der Waals surface area contributed by atoms with Crippen molar-refractivity contribution in [1.29, 1.82) is 0 Å². The summed E-state index contributed by atoms with van der Waals surface area (Å²) in [6.07, 6.45) is 2.42. The Morgan fingerprint density at radius 2 is 2.30 bits per heavy atom. The number of amides is 1. The molecular weight excluding hydrogens is 258 g/mol. The normalized spacial score (nSPS) is 21.1. The lowest BCUT2D eigenvalue weighted by Crippen LogP contribution is -2.43. The van der Waals surface area contributed by atoms with Gasteiger partial charge in [-0.15, -0.1) is 5.10 Å². The van der Waals surface area contributed by atoms with E-state index >= 15 is 0 Å². The summed E-state index contributed by atoms with van der Waals surface area (Å²) in [7, 11) is 1.81. The summed E-state index contributed by atoms with van der Waals surface area (Å²) in [5.74, 6) is 0.771. The van der Waals surface area contributed by atoms with Crippen molar-refractivity contribution < 1.29 is 9.21 Å². The lowest BCUT2D eigenvalue weighted by atomic mass is 10.1. The number of aromatic nitrogens is 2. The summed E-state index contributed by atoms with van der Waals surface area (Å²) in [6.45, 7) is 5.70. The molecule has 1 aliphatic heterocycles. The van der Waals surface area contributed by atoms with Gasteiger partial charge >= 0.3 is 6.01 Å². The van der Waals surface area contributed by atoms with Crippen LogP contribution >= 0.6 is 0 Å². The Kier molecular flexibility index (Phi) is 4.94. The molecule has 1 saturated heterocycles. The molecule has 2 N–H and O–H groups in total. The summed E-state index contributed by atoms with van der Waals surface area (Å²) in [5, 5.41) is 14.6. The molecule has 2 unspecified atom stereocenters. The maximum absolute atomic E-state index is 11.4. The van der Waals surface area contributed by atoms with E-state index in [-0.39, 0.29) is 18.0 Å². The quantitative estimate of drug-likeness (QED) is 0.814. The lowest BCUT2D eigenvalue weighted by molar-refractivity contribution is -0.132. The molecule has 1 aromatic heterocycles. The second kappa shape index (κ2) is 6.69. The highest BCUT2D eigenvalue weighted by atomic mass is 16.4. The number of nitrogens with zero attached hydrogens (tertiary/aromatic N) is 3. The van der Waals surface area contributed by atoms with E-state index in [1.807, 2.05) is 14.0 Å². The van der Waals surface area contributed by atoms with E-state index in [1.165, 1.54) is 0 Å². The molecule has 0 aliphatic carbocycles. The molecule has 1 fully saturated rings. The fraction of sp³-hybridized carbons (Fsp3) is 0.769. The predicted molar refractivity (Wildman–Crippen MR) is 75.3 cm³/mol. The average Bonchev–Trinajstić information content (AvgIpc) is 2.89. The molecule has 0 spiro atoms. The highest BCUT2D eigenvalue weighted by molar-refractivity contribution is 5.76. The van der Waals surface area contributed by atoms with Gasteiger partial charge in [0, 0.05) is 26.1 Å². The smallest absolute Gasteiger partial charge is 0.315 e. The predicted octanol–water partition coefficient (Wildman–Crippen LogP) is 1.16. The topological polar surface area (TPSA) is 83.3 Å². The van der Waals surface area contributed by atoms with E-state index in [0.717, 1.165) is 19.4 Å². The Bertz CT molecular complexity index is 448. The van der Waals surface area contributed by atoms with Crippen LogP contribution < -0.4 is 10.6 Å². The standard InChI is InChI=1S/C13H23N5O2/c1-4-7-14-9(2)12-16-17-13(20-12)15-10-5-6-11(19)18(3)8-10/h9-10,14H,4-8H2,1-3H3,(H,15,17). The van der Waals surface area contributed by atoms with Gasteiger partial charge in [-0.3, -0.25) is 4.79 Å². The fourth-order valence-electron chi connectivity index (χ4n) is 2.22. The number of rotatable bonds is 6. The minimum atomic E-state index is 0.0496. The molecule has 0 bridgehead atoms. The van der Waals surface area contributed by atoms with Gasteiger partial charge < -0.3 is 20.0 Å². The van der Waals surface area contributed by atoms with E-state index < -0.39 is 0 Å². The van der Waals surface area contributed by atoms with Crippen molar-refractivity contribution >= 4 is 11.9 Å². The monoisotopic (exact) mass is 281 g/mol. The van der Waals surface area contributed by atoms with E-state index in [2.05, 4.69) is 27.8 Å². The minimum absolute atomic E-state index is 0.0496. The molecule has 0 radical (unpaired) electrons. The largest absolute Gasteiger partial charge is 0.406 e. The number of likely N-dealkylation sites (N-methyl/N-ethyl adjacent to an activating group) is 1. The number of anilines is 1. The van der Waals surface area contributed by atoms with Gasteiger partial charge in [-0.2, -0.15) is 0 Å². The lowest BCUT2D eigenvalue weighted by Gasteiger charge is -2.29. The van der Waals surface area contributed by atoms with Gasteiger partial charge in [0.2, 0.25) is 11.8 Å². The molecule has 7 heteroatoms. The van der Waals surface area contributed by atoms with E-state index in [1.54, 1.807) is 4.90 Å². The molecule has 1 aliphatic rings. The van der Waals surface area contributed by atoms with Crippen molar-refractivity contribution in [3.05, 3.63) is 5.89 Å². The summed E-state index contributed by atoms with van der Waals surface area (Å²) in [5.41, 5.74) is 0. The zero-order valence-corrected chi connectivity index (χ0v) is 12.3. The number of likely N-dealkylation sites (tertiary alicyclic amines) is 1. The number of carbonyl (C=O) groups is 1. The van der Waals surface area contributed by atoms with Crippen molar-refractivity contribution in [3.8, 4) is 0 Å². The van der Waals surface area contributed by atoms with Gasteiger partial charge in [0.1, 0.15) is 0 Å². The first kappa shape index (κ1) is 14.8. The van der Waals surface area contributed by atoms with Crippen LogP contribution in [0.4, 0.5) is 6.01 Å². The molecule has 1 amide bonds. The van der Waals surface area contributed by atoms with Crippen LogP contribution in [0.25, 0.3) is 0 Å². The van der Waals surface area contributed by atoms with E-state index in [0.29, 0.717) is 24.9 Å². The van der Waals surface area contributed by atoms with Crippen molar-refractivity contribution in [3.63, 3.8) is 0 Å². The minimum Gasteiger partial charge on any atom is -0.406 e. The molecule has 0 saturated carbocycles. The Balaban J connectivity index is 1.88. The maximum atomic E-state index is 11.4. The summed E-state index contributed by atoms with van der Waals surface area (Å²) >= 11 is 0. The van der Waals surface area contributed by atoms with E-state index in [9.17, 15) is 4.79 Å². The van der Waals surface area contributed by atoms with Gasteiger partial charge in [0.05, 0.1) is 6.04 Å². The second-order valence-corrected chi connectivity index (χ2v) is 5.28. The highest BCUT2D eigenvalue weighted by Gasteiger charge is 2.24. The van der Waals surface area contributed by atoms with Crippen LogP contribution in [0.5, 0.6) is 0 Å². The third-order valence-corrected chi connectivity index (χ3v) is 3.47. The molecule has 2 atom stereocenters. The zero-order chi connectivity index (χ0) is 14.5. The number of nitrogens with one attached hydrogen (secondary N) is 2. The first-order valence-corrected chi connectivity index (χ1v) is 7.17. The molecule has 2 heterocycles. The van der Waals surface area contributed by atoms with Crippen LogP contribution in [0.15, 0.2) is 4.42 Å². The molecule has 0 aromatic carbocycles. The Hall–Kier alpha value is -1.63. The number of hydrogen-bond donors (Lipinski definition) is 2. The molecule has 112 valence electrons. The van der Waals surface area contributed by atoms with Crippen molar-refractivity contribution in [2.75, 3.05) is 25.5 Å². The average molecular weight is 281 g/mol. The Morgan fingerprint density at radius 1 is 1.50 bits per heavy atom. The van der Waals surface area contributed by atoms with Crippen LogP contribution in [0, 0.1) is 0 Å². The van der Waals surface area contributed by atoms with Crippen LogP contribution in [0.2, 0.25) is 0 Å². The number of carbonyl (C=O) groups excluding carboxylic acids is 1. The first-order chi connectivity index (χ1) is 9.60. The molecule has 20 heavy (non-hydrogen) atoms. The molecule has 1 aromatic rings. The van der Waals surface area contributed by atoms with Crippen LogP contribution in [0.1, 0.15) is 45.0 Å². The van der Waals surface area contributed by atoms with Gasteiger partial charge in [-0.1, -0.05) is 12.0 Å². The fourth-order valence-corrected chi connectivity index (χ4v) is 2.22. The Labute approximate surface area is 119 Å². The number of piperidine rings is 1. The van der Waals surface area contributed by atoms with Gasteiger partial charge in [-0.25, -0.2) is 0 Å². The number of hydrogen-bond acceptors (Lipinski definition) is 6. The van der Waals surface area contributed by atoms with E-state index in [4.69, 9.17) is 4.42 Å². The van der Waals surface area contributed by atoms with Crippen LogP contribution in [-0.4, -0.2) is 47.2 Å². The molecule has 2 rings (SSSR count). The van der Waals surface area contributed by atoms with Gasteiger partial charge in [0.25, 0.3) is 0 Å². The summed E-state index contributed by atoms with van der Waals surface area (Å²) < 4.78 is 5.61. The summed E-state index contributed by atoms with van der Waals surface area (Å²) in [4.78, 5) is 13.2. The van der Waals surface area contributed by atoms with Gasteiger partial charge in [-0.05, 0) is 26.3 Å². The van der Waals surface area contributed by atoms with Crippen molar-refractivity contribution in [2.45, 2.75) is 45.2 Å². The van der Waals surface area contributed by atoms with Crippen molar-refractivity contribution in [2.24, 2.45) is 0 Å². The van der Waals surface area contributed by atoms with Gasteiger partial charge in [0.15, 0.2) is 0 Å². The summed E-state index contributed by atoms with van der Waals surface area (Å²) in [6, 6.07) is 0.649. The van der Waals surface area contributed by atoms with Crippen molar-refractivity contribution in [1.82, 2.24) is 20.4 Å².